The topological polar surface area (TPSA) is 44.1 Å². The van der Waals surface area contributed by atoms with Gasteiger partial charge in [-0.3, -0.25) is 4.79 Å². The molecule has 1 spiro atoms. The van der Waals surface area contributed by atoms with E-state index < -0.39 is 0 Å². The van der Waals surface area contributed by atoms with Crippen LogP contribution in [0.2, 0.25) is 0 Å². The fraction of sp³-hybridized carbons (Fsp3) is 0.800. The predicted octanol–water partition coefficient (Wildman–Crippen LogP) is 1.16. The van der Waals surface area contributed by atoms with E-state index in [1.807, 2.05) is 6.07 Å². The zero-order valence-electron chi connectivity index (χ0n) is 7.92. The standard InChI is InChI=1S/C10H14N2O/c1-12(6-5-11)9(13)8-7-10(8)3-2-4-10/h8H,2-4,6-7H2,1H3. The van der Waals surface area contributed by atoms with Gasteiger partial charge in [0.1, 0.15) is 6.54 Å². The van der Waals surface area contributed by atoms with Gasteiger partial charge in [0.05, 0.1) is 6.07 Å². The van der Waals surface area contributed by atoms with E-state index in [4.69, 9.17) is 5.26 Å². The fourth-order valence-electron chi connectivity index (χ4n) is 2.33. The van der Waals surface area contributed by atoms with Crippen molar-refractivity contribution in [3.8, 4) is 6.07 Å². The third-order valence-corrected chi connectivity index (χ3v) is 3.52. The molecule has 0 heterocycles. The first-order valence-electron chi connectivity index (χ1n) is 4.81. The van der Waals surface area contributed by atoms with Crippen molar-refractivity contribution in [3.05, 3.63) is 0 Å². The fourth-order valence-corrected chi connectivity index (χ4v) is 2.33. The second kappa shape index (κ2) is 2.73. The molecule has 0 aromatic heterocycles. The summed E-state index contributed by atoms with van der Waals surface area (Å²) in [4.78, 5) is 13.2. The highest BCUT2D eigenvalue weighted by atomic mass is 16.2. The van der Waals surface area contributed by atoms with Gasteiger partial charge in [-0.2, -0.15) is 5.26 Å². The van der Waals surface area contributed by atoms with Crippen LogP contribution in [0, 0.1) is 22.7 Å². The minimum atomic E-state index is 0.182. The van der Waals surface area contributed by atoms with Gasteiger partial charge in [0, 0.05) is 13.0 Å². The average Bonchev–Trinajstić information content (AvgIpc) is 2.77. The summed E-state index contributed by atoms with van der Waals surface area (Å²) in [6.45, 7) is 0.228. The number of carbonyl (C=O) groups excluding carboxylic acids is 1. The Morgan fingerprint density at radius 1 is 1.69 bits per heavy atom. The molecule has 2 rings (SSSR count). The lowest BCUT2D eigenvalue weighted by molar-refractivity contribution is -0.132. The summed E-state index contributed by atoms with van der Waals surface area (Å²) in [5.74, 6) is 0.431. The second-order valence-electron chi connectivity index (χ2n) is 4.33. The number of carbonyl (C=O) groups is 1. The summed E-state index contributed by atoms with van der Waals surface area (Å²) in [5.41, 5.74) is 0.390. The number of nitrogens with zero attached hydrogens (tertiary/aromatic N) is 2. The highest BCUT2D eigenvalue weighted by Gasteiger charge is 2.61. The Kier molecular flexibility index (Phi) is 1.80. The lowest BCUT2D eigenvalue weighted by atomic mass is 9.79. The van der Waals surface area contributed by atoms with Crippen LogP contribution < -0.4 is 0 Å². The van der Waals surface area contributed by atoms with Crippen LogP contribution in [-0.2, 0) is 4.79 Å². The van der Waals surface area contributed by atoms with Crippen molar-refractivity contribution in [1.82, 2.24) is 4.90 Å². The van der Waals surface area contributed by atoms with Gasteiger partial charge in [-0.05, 0) is 24.7 Å². The van der Waals surface area contributed by atoms with Crippen molar-refractivity contribution < 1.29 is 4.79 Å². The molecule has 0 aromatic rings. The maximum atomic E-state index is 11.7. The molecular weight excluding hydrogens is 164 g/mol. The smallest absolute Gasteiger partial charge is 0.226 e. The normalized spacial score (nSPS) is 27.5. The van der Waals surface area contributed by atoms with Crippen molar-refractivity contribution >= 4 is 5.91 Å². The number of nitriles is 1. The molecule has 0 N–H and O–H groups in total. The van der Waals surface area contributed by atoms with E-state index >= 15 is 0 Å². The first-order valence-corrected chi connectivity index (χ1v) is 4.81. The van der Waals surface area contributed by atoms with Crippen molar-refractivity contribution in [2.75, 3.05) is 13.6 Å². The molecule has 70 valence electrons. The molecule has 2 aliphatic carbocycles. The third-order valence-electron chi connectivity index (χ3n) is 3.52. The Labute approximate surface area is 78.3 Å². The largest absolute Gasteiger partial charge is 0.332 e. The van der Waals surface area contributed by atoms with Gasteiger partial charge < -0.3 is 4.90 Å². The Balaban J connectivity index is 1.89. The van der Waals surface area contributed by atoms with E-state index in [0.717, 1.165) is 6.42 Å². The number of rotatable bonds is 2. The molecule has 0 aliphatic heterocycles. The molecular formula is C10H14N2O. The van der Waals surface area contributed by atoms with Crippen molar-refractivity contribution in [2.45, 2.75) is 25.7 Å². The van der Waals surface area contributed by atoms with E-state index in [0.29, 0.717) is 5.41 Å². The lowest BCUT2D eigenvalue weighted by Crippen LogP contribution is -2.31. The molecule has 0 saturated heterocycles. The van der Waals surface area contributed by atoms with Gasteiger partial charge in [-0.25, -0.2) is 0 Å². The van der Waals surface area contributed by atoms with Gasteiger partial charge in [-0.1, -0.05) is 6.42 Å². The Hall–Kier alpha value is -1.04. The summed E-state index contributed by atoms with van der Waals surface area (Å²) in [6, 6.07) is 2.00. The minimum absolute atomic E-state index is 0.182. The Morgan fingerprint density at radius 2 is 2.38 bits per heavy atom. The van der Waals surface area contributed by atoms with Crippen LogP contribution in [0.25, 0.3) is 0 Å². The molecule has 13 heavy (non-hydrogen) atoms. The zero-order valence-corrected chi connectivity index (χ0v) is 7.92. The van der Waals surface area contributed by atoms with Gasteiger partial charge in [0.15, 0.2) is 0 Å². The van der Waals surface area contributed by atoms with Gasteiger partial charge in [-0.15, -0.1) is 0 Å². The van der Waals surface area contributed by atoms with E-state index in [1.165, 1.54) is 19.3 Å². The molecule has 2 fully saturated rings. The predicted molar refractivity (Wildman–Crippen MR) is 47.6 cm³/mol. The van der Waals surface area contributed by atoms with Crippen molar-refractivity contribution in [3.63, 3.8) is 0 Å². The van der Waals surface area contributed by atoms with Gasteiger partial charge in [0.25, 0.3) is 0 Å². The SMILES string of the molecule is CN(CC#N)C(=O)C1CC12CCC2. The molecule has 2 aliphatic rings. The molecule has 0 aromatic carbocycles. The summed E-state index contributed by atoms with van der Waals surface area (Å²) in [5, 5.41) is 8.45. The first kappa shape index (κ1) is 8.55. The molecule has 1 unspecified atom stereocenters. The first-order chi connectivity index (χ1) is 6.19. The monoisotopic (exact) mass is 178 g/mol. The lowest BCUT2D eigenvalue weighted by Gasteiger charge is -2.27. The Morgan fingerprint density at radius 3 is 2.77 bits per heavy atom. The molecule has 3 heteroatoms. The van der Waals surface area contributed by atoms with E-state index in [9.17, 15) is 4.79 Å². The summed E-state index contributed by atoms with van der Waals surface area (Å²) in [6.07, 6.45) is 4.81. The van der Waals surface area contributed by atoms with Crippen LogP contribution in [0.1, 0.15) is 25.7 Å². The molecule has 1 amide bonds. The van der Waals surface area contributed by atoms with Crippen LogP contribution in [-0.4, -0.2) is 24.4 Å². The average molecular weight is 178 g/mol. The highest BCUT2D eigenvalue weighted by Crippen LogP contribution is 2.65. The molecule has 2 saturated carbocycles. The molecule has 3 nitrogen and oxygen atoms in total. The van der Waals surface area contributed by atoms with E-state index in [-0.39, 0.29) is 18.4 Å². The number of hydrogen-bond acceptors (Lipinski definition) is 2. The van der Waals surface area contributed by atoms with Gasteiger partial charge >= 0.3 is 0 Å². The van der Waals surface area contributed by atoms with E-state index in [2.05, 4.69) is 0 Å². The van der Waals surface area contributed by atoms with E-state index in [1.54, 1.807) is 11.9 Å². The maximum Gasteiger partial charge on any atom is 0.226 e. The van der Waals surface area contributed by atoms with Crippen LogP contribution in [0.5, 0.6) is 0 Å². The minimum Gasteiger partial charge on any atom is -0.332 e. The highest BCUT2D eigenvalue weighted by molar-refractivity contribution is 5.82. The van der Waals surface area contributed by atoms with Crippen molar-refractivity contribution in [2.24, 2.45) is 11.3 Å². The quantitative estimate of drug-likeness (QED) is 0.595. The molecule has 0 bridgehead atoms. The van der Waals surface area contributed by atoms with Gasteiger partial charge in [0.2, 0.25) is 5.91 Å². The molecule has 0 radical (unpaired) electrons. The third kappa shape index (κ3) is 1.21. The maximum absolute atomic E-state index is 11.7. The summed E-state index contributed by atoms with van der Waals surface area (Å²) < 4.78 is 0. The second-order valence-corrected chi connectivity index (χ2v) is 4.33. The summed E-state index contributed by atoms with van der Waals surface area (Å²) in [7, 11) is 1.72. The van der Waals surface area contributed by atoms with Crippen LogP contribution in [0.4, 0.5) is 0 Å². The van der Waals surface area contributed by atoms with Crippen molar-refractivity contribution in [1.29, 1.82) is 5.26 Å². The van der Waals surface area contributed by atoms with Crippen LogP contribution in [0.3, 0.4) is 0 Å². The number of hydrogen-bond donors (Lipinski definition) is 0. The zero-order chi connectivity index (χ0) is 9.47. The van der Waals surface area contributed by atoms with Crippen LogP contribution >= 0.6 is 0 Å². The summed E-state index contributed by atoms with van der Waals surface area (Å²) >= 11 is 0. The molecule has 1 atom stereocenters. The van der Waals surface area contributed by atoms with Crippen LogP contribution in [0.15, 0.2) is 0 Å². The Bertz CT molecular complexity index is 275. The number of amides is 1.